The van der Waals surface area contributed by atoms with E-state index < -0.39 is 10.0 Å². The van der Waals surface area contributed by atoms with Crippen LogP contribution in [0, 0.1) is 32.1 Å². The summed E-state index contributed by atoms with van der Waals surface area (Å²) in [6.45, 7) is 9.25. The highest BCUT2D eigenvalue weighted by Gasteiger charge is 2.54. The average molecular weight is 471 g/mol. The number of amides is 1. The normalized spacial score (nSPS) is 19.2. The first-order chi connectivity index (χ1) is 15.5. The van der Waals surface area contributed by atoms with Crippen LogP contribution in [0.1, 0.15) is 29.5 Å². The Balaban J connectivity index is 1.35. The number of aromatic nitrogens is 1. The van der Waals surface area contributed by atoms with E-state index in [-0.39, 0.29) is 17.2 Å². The van der Waals surface area contributed by atoms with Crippen molar-refractivity contribution in [2.75, 3.05) is 42.1 Å². The van der Waals surface area contributed by atoms with Gasteiger partial charge in [0.2, 0.25) is 21.8 Å². The summed E-state index contributed by atoms with van der Waals surface area (Å²) in [6, 6.07) is 7.57. The number of benzene rings is 1. The van der Waals surface area contributed by atoms with Crippen LogP contribution in [-0.4, -0.2) is 56.6 Å². The maximum absolute atomic E-state index is 12.2. The molecule has 0 radical (unpaired) electrons. The molecule has 3 heterocycles. The van der Waals surface area contributed by atoms with E-state index in [2.05, 4.69) is 9.62 Å². The number of rotatable bonds is 6. The van der Waals surface area contributed by atoms with Crippen molar-refractivity contribution in [2.45, 2.75) is 33.6 Å². The van der Waals surface area contributed by atoms with Crippen molar-refractivity contribution in [3.05, 3.63) is 41.0 Å². The molecule has 0 bridgehead atoms. The summed E-state index contributed by atoms with van der Waals surface area (Å²) in [4.78, 5) is 21.1. The number of aryl methyl sites for hydroxylation is 3. The lowest BCUT2D eigenvalue weighted by Crippen LogP contribution is -2.73. The van der Waals surface area contributed by atoms with E-state index in [1.165, 1.54) is 0 Å². The summed E-state index contributed by atoms with van der Waals surface area (Å²) in [5.41, 5.74) is 3.52. The van der Waals surface area contributed by atoms with E-state index in [0.717, 1.165) is 67.8 Å². The summed E-state index contributed by atoms with van der Waals surface area (Å²) < 4.78 is 32.5. The highest BCUT2D eigenvalue weighted by atomic mass is 32.2. The van der Waals surface area contributed by atoms with Crippen LogP contribution in [0.15, 0.2) is 24.3 Å². The number of pyridine rings is 1. The molecular formula is C24H30N4O4S. The Morgan fingerprint density at radius 1 is 1.09 bits per heavy atom. The van der Waals surface area contributed by atoms with Gasteiger partial charge in [0.1, 0.15) is 17.3 Å². The van der Waals surface area contributed by atoms with Gasteiger partial charge in [0, 0.05) is 37.5 Å². The zero-order valence-corrected chi connectivity index (χ0v) is 20.3. The Labute approximate surface area is 195 Å². The molecule has 3 aliphatic rings. The van der Waals surface area contributed by atoms with Gasteiger partial charge >= 0.3 is 0 Å². The monoisotopic (exact) mass is 470 g/mol. The number of nitrogens with zero attached hydrogens (tertiary/aromatic N) is 3. The Morgan fingerprint density at radius 2 is 1.73 bits per heavy atom. The Bertz CT molecular complexity index is 1200. The third-order valence-electron chi connectivity index (χ3n) is 6.61. The lowest BCUT2D eigenvalue weighted by Gasteiger charge is -2.60. The van der Waals surface area contributed by atoms with Crippen molar-refractivity contribution in [1.29, 1.82) is 0 Å². The Hall–Kier alpha value is -2.81. The highest BCUT2D eigenvalue weighted by Crippen LogP contribution is 2.45. The molecule has 1 spiro atoms. The molecule has 2 saturated heterocycles. The molecule has 1 saturated carbocycles. The molecule has 0 unspecified atom stereocenters. The number of sulfonamides is 1. The molecular weight excluding hydrogens is 440 g/mol. The summed E-state index contributed by atoms with van der Waals surface area (Å²) in [5.74, 6) is 2.23. The smallest absolute Gasteiger partial charge is 0.245 e. The van der Waals surface area contributed by atoms with Crippen molar-refractivity contribution >= 4 is 27.4 Å². The average Bonchev–Trinajstić information content (AvgIpc) is 3.48. The topological polar surface area (TPSA) is 91.8 Å². The van der Waals surface area contributed by atoms with Crippen LogP contribution >= 0.6 is 0 Å². The summed E-state index contributed by atoms with van der Waals surface area (Å²) in [6.07, 6.45) is 3.18. The quantitative estimate of drug-likeness (QED) is 0.697. The summed E-state index contributed by atoms with van der Waals surface area (Å²) in [5, 5.41) is 0. The van der Waals surface area contributed by atoms with E-state index in [1.807, 2.05) is 43.9 Å². The van der Waals surface area contributed by atoms with E-state index in [1.54, 1.807) is 6.07 Å². The standard InChI is InChI=1S/C24H30N4O4S/c1-15-9-16(2)21(17(3)10-15)32-22-19(26-33(4,30)31)7-8-20(25-22)27-11-24(12-27)13-28(14-24)23(29)18-5-6-18/h7-10,18,26H,5-6,11-14H2,1-4H3. The van der Waals surface area contributed by atoms with Gasteiger partial charge in [-0.05, 0) is 56.9 Å². The second kappa shape index (κ2) is 7.62. The highest BCUT2D eigenvalue weighted by molar-refractivity contribution is 7.92. The molecule has 1 aliphatic carbocycles. The van der Waals surface area contributed by atoms with Crippen LogP contribution < -0.4 is 14.4 Å². The number of ether oxygens (including phenoxy) is 1. The molecule has 9 heteroatoms. The maximum atomic E-state index is 12.2. The molecule has 8 nitrogen and oxygen atoms in total. The first-order valence-corrected chi connectivity index (χ1v) is 13.2. The first-order valence-electron chi connectivity index (χ1n) is 11.3. The van der Waals surface area contributed by atoms with E-state index in [0.29, 0.717) is 17.3 Å². The maximum Gasteiger partial charge on any atom is 0.245 e. The lowest BCUT2D eigenvalue weighted by molar-refractivity contribution is -0.146. The minimum Gasteiger partial charge on any atom is -0.436 e. The predicted molar refractivity (Wildman–Crippen MR) is 127 cm³/mol. The molecule has 1 aromatic heterocycles. The third-order valence-corrected chi connectivity index (χ3v) is 7.20. The van der Waals surface area contributed by atoms with Gasteiger partial charge in [-0.1, -0.05) is 17.7 Å². The number of hydrogen-bond donors (Lipinski definition) is 1. The molecule has 3 fully saturated rings. The van der Waals surface area contributed by atoms with Crippen LogP contribution in [0.4, 0.5) is 11.5 Å². The SMILES string of the molecule is Cc1cc(C)c(Oc2nc(N3CC4(CN(C(=O)C5CC5)C4)C3)ccc2NS(C)(=O)=O)c(C)c1. The van der Waals surface area contributed by atoms with Crippen molar-refractivity contribution < 1.29 is 17.9 Å². The van der Waals surface area contributed by atoms with Crippen LogP contribution in [0.25, 0.3) is 0 Å². The second-order valence-electron chi connectivity index (χ2n) is 10.1. The molecule has 0 atom stereocenters. The fourth-order valence-corrected chi connectivity index (χ4v) is 5.57. The zero-order valence-electron chi connectivity index (χ0n) is 19.5. The third kappa shape index (κ3) is 4.38. The van der Waals surface area contributed by atoms with Gasteiger partial charge in [0.15, 0.2) is 0 Å². The number of hydrogen-bond acceptors (Lipinski definition) is 6. The van der Waals surface area contributed by atoms with Crippen molar-refractivity contribution in [3.8, 4) is 11.6 Å². The molecule has 2 aliphatic heterocycles. The summed E-state index contributed by atoms with van der Waals surface area (Å²) in [7, 11) is -3.49. The predicted octanol–water partition coefficient (Wildman–Crippen LogP) is 3.23. The van der Waals surface area contributed by atoms with Crippen LogP contribution in [-0.2, 0) is 14.8 Å². The van der Waals surface area contributed by atoms with Crippen LogP contribution in [0.5, 0.6) is 11.6 Å². The van der Waals surface area contributed by atoms with Gasteiger partial charge in [-0.2, -0.15) is 4.98 Å². The van der Waals surface area contributed by atoms with E-state index >= 15 is 0 Å². The zero-order chi connectivity index (χ0) is 23.5. The number of nitrogens with one attached hydrogen (secondary N) is 1. The molecule has 1 N–H and O–H groups in total. The van der Waals surface area contributed by atoms with Crippen molar-refractivity contribution in [3.63, 3.8) is 0 Å². The number of anilines is 2. The molecule has 1 amide bonds. The Morgan fingerprint density at radius 3 is 2.30 bits per heavy atom. The van der Waals surface area contributed by atoms with Gasteiger partial charge < -0.3 is 14.5 Å². The van der Waals surface area contributed by atoms with E-state index in [9.17, 15) is 13.2 Å². The van der Waals surface area contributed by atoms with Crippen molar-refractivity contribution in [1.82, 2.24) is 9.88 Å². The number of likely N-dealkylation sites (tertiary alicyclic amines) is 1. The fraction of sp³-hybridized carbons (Fsp3) is 0.500. The van der Waals surface area contributed by atoms with Gasteiger partial charge in [-0.25, -0.2) is 8.42 Å². The molecule has 33 heavy (non-hydrogen) atoms. The van der Waals surface area contributed by atoms with Gasteiger partial charge in [-0.15, -0.1) is 0 Å². The minimum atomic E-state index is -3.49. The Kier molecular flexibility index (Phi) is 5.08. The van der Waals surface area contributed by atoms with Gasteiger partial charge in [0.25, 0.3) is 0 Å². The second-order valence-corrected chi connectivity index (χ2v) is 11.8. The fourth-order valence-electron chi connectivity index (χ4n) is 5.02. The van der Waals surface area contributed by atoms with Crippen molar-refractivity contribution in [2.24, 2.45) is 11.3 Å². The first kappa shape index (κ1) is 22.0. The van der Waals surface area contributed by atoms with Crippen LogP contribution in [0.3, 0.4) is 0 Å². The largest absolute Gasteiger partial charge is 0.436 e. The number of carbonyl (C=O) groups excluding carboxylic acids is 1. The van der Waals surface area contributed by atoms with Gasteiger partial charge in [-0.3, -0.25) is 9.52 Å². The van der Waals surface area contributed by atoms with Gasteiger partial charge in [0.05, 0.1) is 6.26 Å². The molecule has 2 aromatic rings. The minimum absolute atomic E-state index is 0.154. The van der Waals surface area contributed by atoms with Crippen LogP contribution in [0.2, 0.25) is 0 Å². The summed E-state index contributed by atoms with van der Waals surface area (Å²) >= 11 is 0. The number of carbonyl (C=O) groups is 1. The molecule has 1 aromatic carbocycles. The molecule has 176 valence electrons. The van der Waals surface area contributed by atoms with E-state index in [4.69, 9.17) is 9.72 Å². The molecule has 5 rings (SSSR count). The lowest BCUT2D eigenvalue weighted by atomic mass is 9.72.